The minimum Gasteiger partial charge on any atom is -0.352 e. The number of halogens is 1. The molecule has 2 heterocycles. The summed E-state index contributed by atoms with van der Waals surface area (Å²) < 4.78 is 0. The maximum absolute atomic E-state index is 11.8. The number of piperidine rings is 1. The highest BCUT2D eigenvalue weighted by atomic mass is 127. The van der Waals surface area contributed by atoms with Gasteiger partial charge in [0.2, 0.25) is 5.91 Å². The van der Waals surface area contributed by atoms with Gasteiger partial charge in [0.1, 0.15) is 0 Å². The van der Waals surface area contributed by atoms with Gasteiger partial charge in [0.25, 0.3) is 0 Å². The average molecular weight is 470 g/mol. The minimum absolute atomic E-state index is 0. The molecule has 2 fully saturated rings. The number of guanidine groups is 1. The van der Waals surface area contributed by atoms with Gasteiger partial charge in [-0.05, 0) is 42.4 Å². The minimum atomic E-state index is 0. The zero-order valence-corrected chi connectivity index (χ0v) is 18.4. The summed E-state index contributed by atoms with van der Waals surface area (Å²) in [6, 6.07) is 8.30. The second kappa shape index (κ2) is 9.58. The Morgan fingerprint density at radius 2 is 1.85 bits per heavy atom. The summed E-state index contributed by atoms with van der Waals surface area (Å²) in [5, 5.41) is 3.49. The number of carbonyl (C=O) groups excluding carboxylic acids is 1. The fraction of sp³-hybridized carbons (Fsp3) is 0.600. The first-order valence-electron chi connectivity index (χ1n) is 9.41. The molecule has 2 unspecified atom stereocenters. The summed E-state index contributed by atoms with van der Waals surface area (Å²) in [6.07, 6.45) is 2.93. The molecule has 2 saturated heterocycles. The number of hydrogen-bond donors (Lipinski definition) is 1. The van der Waals surface area contributed by atoms with Gasteiger partial charge in [-0.3, -0.25) is 9.79 Å². The predicted molar refractivity (Wildman–Crippen MR) is 118 cm³/mol. The van der Waals surface area contributed by atoms with Crippen molar-refractivity contribution in [2.45, 2.75) is 39.7 Å². The molecule has 144 valence electrons. The molecular weight excluding hydrogens is 439 g/mol. The summed E-state index contributed by atoms with van der Waals surface area (Å²) in [5.41, 5.74) is 2.21. The van der Waals surface area contributed by atoms with Crippen LogP contribution in [0.4, 0.5) is 5.69 Å². The van der Waals surface area contributed by atoms with Crippen LogP contribution in [0.1, 0.15) is 38.7 Å². The van der Waals surface area contributed by atoms with Gasteiger partial charge >= 0.3 is 0 Å². The first-order valence-corrected chi connectivity index (χ1v) is 9.41. The number of aliphatic imine (C=N–C) groups is 1. The Bertz CT molecular complexity index is 621. The van der Waals surface area contributed by atoms with Crippen molar-refractivity contribution in [3.05, 3.63) is 29.8 Å². The van der Waals surface area contributed by atoms with Crippen molar-refractivity contribution >= 4 is 41.5 Å². The number of benzene rings is 1. The van der Waals surface area contributed by atoms with Crippen LogP contribution < -0.4 is 10.2 Å². The van der Waals surface area contributed by atoms with Crippen molar-refractivity contribution < 1.29 is 4.79 Å². The van der Waals surface area contributed by atoms with Crippen LogP contribution in [0.5, 0.6) is 0 Å². The van der Waals surface area contributed by atoms with Gasteiger partial charge in [0, 0.05) is 45.3 Å². The lowest BCUT2D eigenvalue weighted by molar-refractivity contribution is -0.117. The monoisotopic (exact) mass is 470 g/mol. The summed E-state index contributed by atoms with van der Waals surface area (Å²) in [5.74, 6) is 2.64. The molecule has 0 bridgehead atoms. The molecule has 1 aromatic carbocycles. The highest BCUT2D eigenvalue weighted by Gasteiger charge is 2.24. The van der Waals surface area contributed by atoms with E-state index >= 15 is 0 Å². The fourth-order valence-corrected chi connectivity index (χ4v) is 4.06. The largest absolute Gasteiger partial charge is 0.352 e. The highest BCUT2D eigenvalue weighted by Crippen LogP contribution is 2.22. The number of rotatable bonds is 3. The SMILES string of the molecule is CN=C(NCc1ccc(N2CCCC2=O)cc1)N1CC(C)CC(C)C1.I. The number of carbonyl (C=O) groups is 1. The number of nitrogens with zero attached hydrogens (tertiary/aromatic N) is 3. The Morgan fingerprint density at radius 1 is 1.19 bits per heavy atom. The third-order valence-corrected chi connectivity index (χ3v) is 5.15. The summed E-state index contributed by atoms with van der Waals surface area (Å²) in [7, 11) is 1.86. The topological polar surface area (TPSA) is 47.9 Å². The van der Waals surface area contributed by atoms with E-state index in [0.717, 1.165) is 44.2 Å². The van der Waals surface area contributed by atoms with Gasteiger partial charge in [-0.15, -0.1) is 24.0 Å². The lowest BCUT2D eigenvalue weighted by Gasteiger charge is -2.37. The first-order chi connectivity index (χ1) is 12.1. The van der Waals surface area contributed by atoms with Gasteiger partial charge in [-0.2, -0.15) is 0 Å². The molecule has 2 aliphatic heterocycles. The van der Waals surface area contributed by atoms with Gasteiger partial charge in [0.15, 0.2) is 5.96 Å². The molecule has 3 rings (SSSR count). The molecule has 1 amide bonds. The van der Waals surface area contributed by atoms with Crippen LogP contribution in [0.15, 0.2) is 29.3 Å². The third kappa shape index (κ3) is 5.11. The number of nitrogens with one attached hydrogen (secondary N) is 1. The van der Waals surface area contributed by atoms with Gasteiger partial charge in [-0.1, -0.05) is 26.0 Å². The Balaban J connectivity index is 0.00000243. The lowest BCUT2D eigenvalue weighted by atomic mass is 9.92. The molecule has 2 atom stereocenters. The molecule has 1 N–H and O–H groups in total. The van der Waals surface area contributed by atoms with E-state index in [9.17, 15) is 4.79 Å². The van der Waals surface area contributed by atoms with Crippen LogP contribution in [0.2, 0.25) is 0 Å². The zero-order valence-electron chi connectivity index (χ0n) is 16.1. The molecule has 0 saturated carbocycles. The van der Waals surface area contributed by atoms with Crippen LogP contribution in [0, 0.1) is 11.8 Å². The van der Waals surface area contributed by atoms with Crippen molar-refractivity contribution in [1.82, 2.24) is 10.2 Å². The van der Waals surface area contributed by atoms with Crippen molar-refractivity contribution in [2.24, 2.45) is 16.8 Å². The molecule has 0 spiro atoms. The molecule has 5 nitrogen and oxygen atoms in total. The Kier molecular flexibility index (Phi) is 7.73. The third-order valence-electron chi connectivity index (χ3n) is 5.15. The maximum atomic E-state index is 11.8. The van der Waals surface area contributed by atoms with E-state index in [1.165, 1.54) is 12.0 Å². The van der Waals surface area contributed by atoms with Crippen LogP contribution in [-0.2, 0) is 11.3 Å². The quantitative estimate of drug-likeness (QED) is 0.418. The number of hydrogen-bond acceptors (Lipinski definition) is 2. The lowest BCUT2D eigenvalue weighted by Crippen LogP contribution is -2.48. The standard InChI is InChI=1S/C20H30N4O.HI/c1-15-11-16(2)14-23(13-15)20(21-3)22-12-17-6-8-18(9-7-17)24-10-4-5-19(24)25;/h6-9,15-16H,4-5,10-14H2,1-3H3,(H,21,22);1H. The van der Waals surface area contributed by atoms with Crippen molar-refractivity contribution in [3.8, 4) is 0 Å². The van der Waals surface area contributed by atoms with Crippen molar-refractivity contribution in [3.63, 3.8) is 0 Å². The smallest absolute Gasteiger partial charge is 0.227 e. The molecule has 0 aromatic heterocycles. The number of amides is 1. The van der Waals surface area contributed by atoms with Crippen molar-refractivity contribution in [2.75, 3.05) is 31.6 Å². The van der Waals surface area contributed by atoms with Gasteiger partial charge in [0.05, 0.1) is 0 Å². The van der Waals surface area contributed by atoms with E-state index in [1.54, 1.807) is 0 Å². The summed E-state index contributed by atoms with van der Waals surface area (Å²) in [4.78, 5) is 20.6. The van der Waals surface area contributed by atoms with Gasteiger partial charge < -0.3 is 15.1 Å². The maximum Gasteiger partial charge on any atom is 0.227 e. The van der Waals surface area contributed by atoms with Crippen molar-refractivity contribution in [1.29, 1.82) is 0 Å². The second-order valence-electron chi connectivity index (χ2n) is 7.57. The molecule has 6 heteroatoms. The Morgan fingerprint density at radius 3 is 2.38 bits per heavy atom. The van der Waals surface area contributed by atoms with Gasteiger partial charge in [-0.25, -0.2) is 0 Å². The van der Waals surface area contributed by atoms with E-state index in [4.69, 9.17) is 0 Å². The second-order valence-corrected chi connectivity index (χ2v) is 7.57. The van der Waals surface area contributed by atoms with E-state index in [2.05, 4.69) is 41.2 Å². The fourth-order valence-electron chi connectivity index (χ4n) is 4.06. The molecule has 26 heavy (non-hydrogen) atoms. The molecular formula is C20H31IN4O. The molecule has 0 radical (unpaired) electrons. The van der Waals surface area contributed by atoms with E-state index < -0.39 is 0 Å². The first kappa shape index (κ1) is 21.0. The van der Waals surface area contributed by atoms with Crippen LogP contribution in [-0.4, -0.2) is 43.4 Å². The normalized spacial score (nSPS) is 23.8. The van der Waals surface area contributed by atoms with Crippen LogP contribution in [0.3, 0.4) is 0 Å². The molecule has 2 aliphatic rings. The number of anilines is 1. The summed E-state index contributed by atoms with van der Waals surface area (Å²) in [6.45, 7) is 8.36. The van der Waals surface area contributed by atoms with Crippen LogP contribution in [0.25, 0.3) is 0 Å². The molecule has 0 aliphatic carbocycles. The van der Waals surface area contributed by atoms with E-state index in [1.807, 2.05) is 24.1 Å². The highest BCUT2D eigenvalue weighted by molar-refractivity contribution is 14.0. The zero-order chi connectivity index (χ0) is 17.8. The summed E-state index contributed by atoms with van der Waals surface area (Å²) >= 11 is 0. The Hall–Kier alpha value is -1.31. The number of likely N-dealkylation sites (tertiary alicyclic amines) is 1. The van der Waals surface area contributed by atoms with E-state index in [-0.39, 0.29) is 29.9 Å². The predicted octanol–water partition coefficient (Wildman–Crippen LogP) is 3.48. The molecule has 1 aromatic rings. The van der Waals surface area contributed by atoms with E-state index in [0.29, 0.717) is 18.3 Å². The Labute approximate surface area is 174 Å². The average Bonchev–Trinajstić information content (AvgIpc) is 3.01. The van der Waals surface area contributed by atoms with Crippen LogP contribution >= 0.6 is 24.0 Å².